The molecular weight excluding hydrogens is 373 g/mol. The molecule has 100 valence electrons. The van der Waals surface area contributed by atoms with E-state index in [1.165, 1.54) is 11.6 Å². The van der Waals surface area contributed by atoms with E-state index in [0.717, 1.165) is 16.5 Å². The van der Waals surface area contributed by atoms with E-state index in [1.807, 2.05) is 37.4 Å². The number of likely N-dealkylation sites (N-methyl/N-ethyl adjacent to an activating group) is 1. The minimum absolute atomic E-state index is 0.188. The molecule has 0 aromatic heterocycles. The molecule has 0 aliphatic heterocycles. The molecule has 0 heterocycles. The van der Waals surface area contributed by atoms with Gasteiger partial charge < -0.3 is 5.32 Å². The summed E-state index contributed by atoms with van der Waals surface area (Å²) in [5, 5.41) is 3.30. The highest BCUT2D eigenvalue weighted by Gasteiger charge is 2.13. The van der Waals surface area contributed by atoms with E-state index < -0.39 is 0 Å². The SMILES string of the molecule is CNC(Cc1ccc(F)c(Br)c1)c1ccccc1Br. The molecule has 0 aliphatic rings. The molecule has 0 aliphatic carbocycles. The number of hydrogen-bond acceptors (Lipinski definition) is 1. The number of nitrogens with one attached hydrogen (secondary N) is 1. The van der Waals surface area contributed by atoms with Gasteiger partial charge >= 0.3 is 0 Å². The average Bonchev–Trinajstić information content (AvgIpc) is 2.41. The summed E-state index contributed by atoms with van der Waals surface area (Å²) in [6.45, 7) is 0. The highest BCUT2D eigenvalue weighted by atomic mass is 79.9. The van der Waals surface area contributed by atoms with E-state index in [2.05, 4.69) is 43.2 Å². The molecule has 4 heteroatoms. The average molecular weight is 387 g/mol. The lowest BCUT2D eigenvalue weighted by molar-refractivity contribution is 0.585. The molecule has 0 bridgehead atoms. The second-order valence-corrected chi connectivity index (χ2v) is 6.02. The van der Waals surface area contributed by atoms with Gasteiger partial charge in [-0.3, -0.25) is 0 Å². The zero-order valence-corrected chi connectivity index (χ0v) is 13.6. The Hall–Kier alpha value is -0.710. The second-order valence-electron chi connectivity index (χ2n) is 4.32. The summed E-state index contributed by atoms with van der Waals surface area (Å²) in [7, 11) is 1.93. The maximum absolute atomic E-state index is 13.2. The van der Waals surface area contributed by atoms with Gasteiger partial charge in [0.2, 0.25) is 0 Å². The van der Waals surface area contributed by atoms with Crippen LogP contribution in [-0.2, 0) is 6.42 Å². The first-order chi connectivity index (χ1) is 9.11. The third kappa shape index (κ3) is 3.65. The quantitative estimate of drug-likeness (QED) is 0.791. The van der Waals surface area contributed by atoms with Gasteiger partial charge in [-0.05, 0) is 58.7 Å². The van der Waals surface area contributed by atoms with Crippen molar-refractivity contribution in [3.63, 3.8) is 0 Å². The van der Waals surface area contributed by atoms with E-state index in [1.54, 1.807) is 0 Å². The summed E-state index contributed by atoms with van der Waals surface area (Å²) in [4.78, 5) is 0. The van der Waals surface area contributed by atoms with Crippen LogP contribution in [0.25, 0.3) is 0 Å². The number of halogens is 3. The number of benzene rings is 2. The molecule has 2 rings (SSSR count). The Bertz CT molecular complexity index is 572. The summed E-state index contributed by atoms with van der Waals surface area (Å²) in [5.41, 5.74) is 2.29. The Morgan fingerprint density at radius 1 is 1.11 bits per heavy atom. The smallest absolute Gasteiger partial charge is 0.137 e. The number of hydrogen-bond donors (Lipinski definition) is 1. The van der Waals surface area contributed by atoms with Crippen molar-refractivity contribution in [1.82, 2.24) is 5.32 Å². The summed E-state index contributed by atoms with van der Waals surface area (Å²) < 4.78 is 14.8. The zero-order chi connectivity index (χ0) is 13.8. The summed E-state index contributed by atoms with van der Waals surface area (Å²) in [5.74, 6) is -0.231. The van der Waals surface area contributed by atoms with Gasteiger partial charge in [0.15, 0.2) is 0 Å². The van der Waals surface area contributed by atoms with Crippen molar-refractivity contribution in [1.29, 1.82) is 0 Å². The predicted octanol–water partition coefficient (Wildman–Crippen LogP) is 4.85. The Balaban J connectivity index is 2.24. The van der Waals surface area contributed by atoms with E-state index in [9.17, 15) is 4.39 Å². The fourth-order valence-electron chi connectivity index (χ4n) is 2.03. The highest BCUT2D eigenvalue weighted by Crippen LogP contribution is 2.27. The first-order valence-corrected chi connectivity index (χ1v) is 7.56. The van der Waals surface area contributed by atoms with Crippen molar-refractivity contribution in [2.24, 2.45) is 0 Å². The normalized spacial score (nSPS) is 12.4. The molecule has 0 saturated carbocycles. The van der Waals surface area contributed by atoms with Gasteiger partial charge in [0.25, 0.3) is 0 Å². The van der Waals surface area contributed by atoms with Crippen molar-refractivity contribution in [2.75, 3.05) is 7.05 Å². The first kappa shape index (κ1) is 14.7. The van der Waals surface area contributed by atoms with E-state index >= 15 is 0 Å². The Morgan fingerprint density at radius 3 is 2.47 bits per heavy atom. The van der Waals surface area contributed by atoms with Crippen molar-refractivity contribution in [3.8, 4) is 0 Å². The van der Waals surface area contributed by atoms with Crippen LogP contribution in [-0.4, -0.2) is 7.05 Å². The molecule has 1 N–H and O–H groups in total. The van der Waals surface area contributed by atoms with Gasteiger partial charge in [-0.1, -0.05) is 40.2 Å². The van der Waals surface area contributed by atoms with Crippen LogP contribution in [0.3, 0.4) is 0 Å². The van der Waals surface area contributed by atoms with Crippen molar-refractivity contribution >= 4 is 31.9 Å². The second kappa shape index (κ2) is 6.64. The van der Waals surface area contributed by atoms with Gasteiger partial charge in [0.1, 0.15) is 5.82 Å². The molecule has 0 saturated heterocycles. The lowest BCUT2D eigenvalue weighted by Crippen LogP contribution is -2.19. The largest absolute Gasteiger partial charge is 0.313 e. The molecule has 1 nitrogen and oxygen atoms in total. The van der Waals surface area contributed by atoms with Crippen molar-refractivity contribution in [3.05, 3.63) is 68.4 Å². The minimum atomic E-state index is -0.231. The summed E-state index contributed by atoms with van der Waals surface area (Å²) in [6.07, 6.45) is 0.804. The lowest BCUT2D eigenvalue weighted by atomic mass is 9.99. The molecule has 2 aromatic carbocycles. The maximum atomic E-state index is 13.2. The Morgan fingerprint density at radius 2 is 1.84 bits per heavy atom. The van der Waals surface area contributed by atoms with Crippen LogP contribution in [0.15, 0.2) is 51.4 Å². The van der Waals surface area contributed by atoms with E-state index in [0.29, 0.717) is 4.47 Å². The van der Waals surface area contributed by atoms with Crippen LogP contribution in [0.1, 0.15) is 17.2 Å². The predicted molar refractivity (Wildman–Crippen MR) is 83.7 cm³/mol. The van der Waals surface area contributed by atoms with Gasteiger partial charge in [0, 0.05) is 10.5 Å². The van der Waals surface area contributed by atoms with E-state index in [-0.39, 0.29) is 11.9 Å². The lowest BCUT2D eigenvalue weighted by Gasteiger charge is -2.18. The van der Waals surface area contributed by atoms with E-state index in [4.69, 9.17) is 0 Å². The highest BCUT2D eigenvalue weighted by molar-refractivity contribution is 9.10. The van der Waals surface area contributed by atoms with Gasteiger partial charge in [-0.2, -0.15) is 0 Å². The summed E-state index contributed by atoms with van der Waals surface area (Å²) in [6, 6.07) is 13.5. The fraction of sp³-hybridized carbons (Fsp3) is 0.200. The van der Waals surface area contributed by atoms with Crippen LogP contribution in [0.4, 0.5) is 4.39 Å². The molecule has 19 heavy (non-hydrogen) atoms. The molecular formula is C15H14Br2FN. The monoisotopic (exact) mass is 385 g/mol. The van der Waals surface area contributed by atoms with Crippen molar-refractivity contribution < 1.29 is 4.39 Å². The summed E-state index contributed by atoms with van der Waals surface area (Å²) >= 11 is 6.79. The minimum Gasteiger partial charge on any atom is -0.313 e. The van der Waals surface area contributed by atoms with Crippen LogP contribution in [0.5, 0.6) is 0 Å². The zero-order valence-electron chi connectivity index (χ0n) is 10.5. The third-order valence-electron chi connectivity index (χ3n) is 3.05. The number of rotatable bonds is 4. The molecule has 2 aromatic rings. The third-order valence-corrected chi connectivity index (χ3v) is 4.38. The van der Waals surface area contributed by atoms with Crippen LogP contribution in [0, 0.1) is 5.82 Å². The Labute approximate surface area is 129 Å². The van der Waals surface area contributed by atoms with Crippen molar-refractivity contribution in [2.45, 2.75) is 12.5 Å². The van der Waals surface area contributed by atoms with Crippen LogP contribution < -0.4 is 5.32 Å². The molecule has 1 unspecified atom stereocenters. The first-order valence-electron chi connectivity index (χ1n) is 5.97. The van der Waals surface area contributed by atoms with Gasteiger partial charge in [-0.15, -0.1) is 0 Å². The molecule has 0 radical (unpaired) electrons. The maximum Gasteiger partial charge on any atom is 0.137 e. The van der Waals surface area contributed by atoms with Gasteiger partial charge in [0.05, 0.1) is 4.47 Å². The van der Waals surface area contributed by atoms with Crippen LogP contribution >= 0.6 is 31.9 Å². The molecule has 0 spiro atoms. The van der Waals surface area contributed by atoms with Crippen LogP contribution in [0.2, 0.25) is 0 Å². The fourth-order valence-corrected chi connectivity index (χ4v) is 3.01. The molecule has 1 atom stereocenters. The molecule has 0 amide bonds. The standard InChI is InChI=1S/C15H14Br2FN/c1-19-15(11-4-2-3-5-12(11)16)9-10-6-7-14(18)13(17)8-10/h2-8,15,19H,9H2,1H3. The topological polar surface area (TPSA) is 12.0 Å². The van der Waals surface area contributed by atoms with Gasteiger partial charge in [-0.25, -0.2) is 4.39 Å². The molecule has 0 fully saturated rings. The Kier molecular flexibility index (Phi) is 5.13.